The van der Waals surface area contributed by atoms with E-state index >= 15 is 0 Å². The smallest absolute Gasteiger partial charge is 0.278 e. The highest BCUT2D eigenvalue weighted by molar-refractivity contribution is 5.88. The van der Waals surface area contributed by atoms with Crippen LogP contribution in [0, 0.1) is 0 Å². The van der Waals surface area contributed by atoms with Crippen LogP contribution in [-0.4, -0.2) is 43.0 Å². The van der Waals surface area contributed by atoms with E-state index in [-0.39, 0.29) is 5.56 Å². The van der Waals surface area contributed by atoms with Crippen molar-refractivity contribution >= 4 is 17.0 Å². The molecule has 0 saturated heterocycles. The minimum absolute atomic E-state index is 0.181. The topological polar surface area (TPSA) is 95.5 Å². The highest BCUT2D eigenvalue weighted by Crippen LogP contribution is 2.23. The summed E-state index contributed by atoms with van der Waals surface area (Å²) in [4.78, 5) is 22.2. The number of anilines is 1. The van der Waals surface area contributed by atoms with Crippen LogP contribution in [0.25, 0.3) is 22.4 Å². The van der Waals surface area contributed by atoms with Crippen LogP contribution in [0.2, 0.25) is 0 Å². The lowest BCUT2D eigenvalue weighted by Gasteiger charge is -2.21. The molecule has 0 radical (unpaired) electrons. The van der Waals surface area contributed by atoms with Gasteiger partial charge in [-0.15, -0.1) is 0 Å². The van der Waals surface area contributed by atoms with Crippen molar-refractivity contribution in [1.29, 1.82) is 0 Å². The number of nitrogens with zero attached hydrogens (tertiary/aromatic N) is 5. The van der Waals surface area contributed by atoms with Crippen molar-refractivity contribution in [2.75, 3.05) is 18.0 Å². The Bertz CT molecular complexity index is 841. The second kappa shape index (κ2) is 6.23. The average Bonchev–Trinajstić information content (AvgIpc) is 3.15. The van der Waals surface area contributed by atoms with E-state index in [1.54, 1.807) is 17.9 Å². The van der Waals surface area contributed by atoms with Crippen molar-refractivity contribution in [3.8, 4) is 11.4 Å². The highest BCUT2D eigenvalue weighted by atomic mass is 16.1. The van der Waals surface area contributed by atoms with E-state index in [1.165, 1.54) is 0 Å². The molecule has 0 bridgehead atoms. The molecule has 3 heterocycles. The first-order valence-electron chi connectivity index (χ1n) is 7.87. The fourth-order valence-corrected chi connectivity index (χ4v) is 2.75. The van der Waals surface area contributed by atoms with Gasteiger partial charge in [0, 0.05) is 26.3 Å². The summed E-state index contributed by atoms with van der Waals surface area (Å²) in [6.45, 7) is 5.91. The van der Waals surface area contributed by atoms with Crippen LogP contribution in [0.15, 0.2) is 17.1 Å². The molecule has 3 rings (SSSR count). The fraction of sp³-hybridized carbons (Fsp3) is 0.467. The second-order valence-electron chi connectivity index (χ2n) is 5.51. The van der Waals surface area contributed by atoms with Crippen LogP contribution in [0.5, 0.6) is 0 Å². The van der Waals surface area contributed by atoms with E-state index in [2.05, 4.69) is 44.0 Å². The van der Waals surface area contributed by atoms with Crippen molar-refractivity contribution in [2.24, 2.45) is 7.05 Å². The van der Waals surface area contributed by atoms with Gasteiger partial charge in [-0.2, -0.15) is 10.2 Å². The van der Waals surface area contributed by atoms with Crippen LogP contribution in [0.3, 0.4) is 0 Å². The number of aryl methyl sites for hydroxylation is 1. The van der Waals surface area contributed by atoms with Crippen molar-refractivity contribution in [1.82, 2.24) is 29.9 Å². The third-order valence-electron chi connectivity index (χ3n) is 3.71. The molecule has 3 aromatic heterocycles. The van der Waals surface area contributed by atoms with E-state index < -0.39 is 0 Å². The molecule has 0 atom stereocenters. The first-order chi connectivity index (χ1) is 11.2. The normalized spacial score (nSPS) is 11.3. The fourth-order valence-electron chi connectivity index (χ4n) is 2.75. The maximum Gasteiger partial charge on any atom is 0.278 e. The molecule has 0 unspecified atom stereocenters. The van der Waals surface area contributed by atoms with E-state index in [0.29, 0.717) is 28.4 Å². The number of fused-ring (bicyclic) bond motifs is 1. The summed E-state index contributed by atoms with van der Waals surface area (Å²) in [5, 5.41) is 11.4. The molecule has 8 nitrogen and oxygen atoms in total. The molecular formula is C15H21N7O. The Morgan fingerprint density at radius 2 is 2.00 bits per heavy atom. The SMILES string of the molecule is CCCN(CCC)c1nc2c(-c3cc[nH]n3)nn(C)c2c(=O)[nH]1. The lowest BCUT2D eigenvalue weighted by molar-refractivity contribution is 0.721. The van der Waals surface area contributed by atoms with Gasteiger partial charge in [0.15, 0.2) is 5.52 Å². The summed E-state index contributed by atoms with van der Waals surface area (Å²) in [5.41, 5.74) is 2.15. The lowest BCUT2D eigenvalue weighted by Crippen LogP contribution is -2.29. The number of aromatic amines is 2. The summed E-state index contributed by atoms with van der Waals surface area (Å²) < 4.78 is 1.55. The van der Waals surface area contributed by atoms with Crippen LogP contribution >= 0.6 is 0 Å². The zero-order valence-corrected chi connectivity index (χ0v) is 13.6. The zero-order chi connectivity index (χ0) is 16.4. The van der Waals surface area contributed by atoms with Crippen molar-refractivity contribution in [3.63, 3.8) is 0 Å². The van der Waals surface area contributed by atoms with Gasteiger partial charge in [-0.1, -0.05) is 13.8 Å². The second-order valence-corrected chi connectivity index (χ2v) is 5.51. The Labute approximate surface area is 133 Å². The molecule has 2 N–H and O–H groups in total. The Balaban J connectivity index is 2.19. The number of H-pyrrole nitrogens is 2. The quantitative estimate of drug-likeness (QED) is 0.721. The minimum atomic E-state index is -0.181. The molecule has 0 amide bonds. The highest BCUT2D eigenvalue weighted by Gasteiger charge is 2.19. The number of hydrogen-bond donors (Lipinski definition) is 2. The Morgan fingerprint density at radius 3 is 2.61 bits per heavy atom. The predicted octanol–water partition coefficient (Wildman–Crippen LogP) is 1.67. The van der Waals surface area contributed by atoms with Gasteiger partial charge >= 0.3 is 0 Å². The van der Waals surface area contributed by atoms with E-state index in [1.807, 2.05) is 6.07 Å². The van der Waals surface area contributed by atoms with Crippen LogP contribution in [0.4, 0.5) is 5.95 Å². The van der Waals surface area contributed by atoms with Gasteiger partial charge < -0.3 is 4.90 Å². The van der Waals surface area contributed by atoms with Crippen LogP contribution in [0.1, 0.15) is 26.7 Å². The number of nitrogens with one attached hydrogen (secondary N) is 2. The first-order valence-corrected chi connectivity index (χ1v) is 7.87. The number of rotatable bonds is 6. The molecule has 23 heavy (non-hydrogen) atoms. The van der Waals surface area contributed by atoms with Gasteiger partial charge in [0.05, 0.1) is 0 Å². The summed E-state index contributed by atoms with van der Waals surface area (Å²) in [6.07, 6.45) is 3.70. The molecule has 0 aliphatic heterocycles. The Kier molecular flexibility index (Phi) is 4.14. The summed E-state index contributed by atoms with van der Waals surface area (Å²) in [6, 6.07) is 1.82. The van der Waals surface area contributed by atoms with E-state index in [9.17, 15) is 4.79 Å². The van der Waals surface area contributed by atoms with Gasteiger partial charge in [0.2, 0.25) is 5.95 Å². The molecular weight excluding hydrogens is 294 g/mol. The van der Waals surface area contributed by atoms with Crippen molar-refractivity contribution in [2.45, 2.75) is 26.7 Å². The minimum Gasteiger partial charge on any atom is -0.342 e. The maximum absolute atomic E-state index is 12.5. The van der Waals surface area contributed by atoms with E-state index in [0.717, 1.165) is 25.9 Å². The summed E-state index contributed by atoms with van der Waals surface area (Å²) in [5.74, 6) is 0.594. The van der Waals surface area contributed by atoms with Gasteiger partial charge in [-0.25, -0.2) is 4.98 Å². The predicted molar refractivity (Wildman–Crippen MR) is 89.5 cm³/mol. The number of aromatic nitrogens is 6. The van der Waals surface area contributed by atoms with Gasteiger partial charge in [0.25, 0.3) is 5.56 Å². The monoisotopic (exact) mass is 315 g/mol. The van der Waals surface area contributed by atoms with Gasteiger partial charge in [-0.3, -0.25) is 19.6 Å². The molecule has 0 aliphatic carbocycles. The molecule has 3 aromatic rings. The maximum atomic E-state index is 12.5. The number of hydrogen-bond acceptors (Lipinski definition) is 5. The van der Waals surface area contributed by atoms with Crippen molar-refractivity contribution < 1.29 is 0 Å². The first kappa shape index (κ1) is 15.3. The summed E-state index contributed by atoms with van der Waals surface area (Å²) >= 11 is 0. The molecule has 0 aliphatic rings. The Morgan fingerprint density at radius 1 is 1.26 bits per heavy atom. The Hall–Kier alpha value is -2.64. The van der Waals surface area contributed by atoms with Crippen LogP contribution in [-0.2, 0) is 7.05 Å². The lowest BCUT2D eigenvalue weighted by atomic mass is 10.2. The molecule has 0 spiro atoms. The van der Waals surface area contributed by atoms with Crippen molar-refractivity contribution in [3.05, 3.63) is 22.6 Å². The summed E-state index contributed by atoms with van der Waals surface area (Å²) in [7, 11) is 1.74. The zero-order valence-electron chi connectivity index (χ0n) is 13.6. The molecule has 0 fully saturated rings. The van der Waals surface area contributed by atoms with Gasteiger partial charge in [0.1, 0.15) is 16.9 Å². The van der Waals surface area contributed by atoms with Crippen LogP contribution < -0.4 is 10.5 Å². The molecule has 0 saturated carbocycles. The largest absolute Gasteiger partial charge is 0.342 e. The molecule has 8 heteroatoms. The standard InChI is InChI=1S/C15H21N7O/c1-4-8-22(9-5-2)15-17-12-11(10-6-7-16-19-10)20-21(3)13(12)14(23)18-15/h6-7H,4-5,8-9H2,1-3H3,(H,16,19)(H,17,18,23). The average molecular weight is 315 g/mol. The molecule has 122 valence electrons. The van der Waals surface area contributed by atoms with Gasteiger partial charge in [-0.05, 0) is 18.9 Å². The third-order valence-corrected chi connectivity index (χ3v) is 3.71. The third kappa shape index (κ3) is 2.71. The molecule has 0 aromatic carbocycles. The van der Waals surface area contributed by atoms with E-state index in [4.69, 9.17) is 0 Å².